The number of aliphatic hydroxyl groups excluding tert-OH is 2. The number of aliphatic hydroxyl groups is 2. The van der Waals surface area contributed by atoms with Gasteiger partial charge in [0, 0.05) is 5.90 Å². The zero-order chi connectivity index (χ0) is 9.40. The second kappa shape index (κ2) is 6.87. The molecule has 0 aromatic carbocycles. The Balaban J connectivity index is 3.45. The van der Waals surface area contributed by atoms with Crippen LogP contribution in [-0.4, -0.2) is 35.4 Å². The van der Waals surface area contributed by atoms with Crippen molar-refractivity contribution in [3.8, 4) is 0 Å². The topological polar surface area (TPSA) is 85.1 Å². The van der Waals surface area contributed by atoms with Crippen molar-refractivity contribution in [2.75, 3.05) is 13.2 Å². The van der Waals surface area contributed by atoms with Crippen LogP contribution in [0.15, 0.2) is 5.16 Å². The fourth-order valence-electron chi connectivity index (χ4n) is 0.508. The molecule has 5 heteroatoms. The van der Waals surface area contributed by atoms with Gasteiger partial charge in [-0.05, 0) is 6.42 Å². The van der Waals surface area contributed by atoms with Crippen LogP contribution >= 0.6 is 0 Å². The van der Waals surface area contributed by atoms with E-state index in [2.05, 4.69) is 9.99 Å². The first-order chi connectivity index (χ1) is 5.70. The van der Waals surface area contributed by atoms with E-state index in [1.54, 1.807) is 0 Å². The molecule has 1 unspecified atom stereocenters. The van der Waals surface area contributed by atoms with Crippen LogP contribution in [0.25, 0.3) is 0 Å². The first-order valence-corrected chi connectivity index (χ1v) is 3.85. The quantitative estimate of drug-likeness (QED) is 0.303. The number of oxime groups is 1. The fourth-order valence-corrected chi connectivity index (χ4v) is 0.508. The van der Waals surface area contributed by atoms with Crippen molar-refractivity contribution in [1.29, 1.82) is 0 Å². The van der Waals surface area contributed by atoms with Crippen LogP contribution in [0.4, 0.5) is 0 Å². The summed E-state index contributed by atoms with van der Waals surface area (Å²) in [6.45, 7) is 1.32. The molecule has 0 spiro atoms. The van der Waals surface area contributed by atoms with E-state index in [-0.39, 0.29) is 12.5 Å². The molecule has 0 aromatic heterocycles. The summed E-state index contributed by atoms with van der Waals surface area (Å²) in [5, 5.41) is 31.0. The van der Waals surface area contributed by atoms with E-state index >= 15 is 0 Å². The molecule has 72 valence electrons. The normalized spacial score (nSPS) is 14.4. The van der Waals surface area contributed by atoms with Gasteiger partial charge in [-0.3, -0.25) is 0 Å². The van der Waals surface area contributed by atoms with Crippen LogP contribution in [0.3, 0.4) is 0 Å². The van der Waals surface area contributed by atoms with Gasteiger partial charge in [-0.15, -0.1) is 5.16 Å². The van der Waals surface area contributed by atoms with Gasteiger partial charge in [0.15, 0.2) is 0 Å². The lowest BCUT2D eigenvalue weighted by Crippen LogP contribution is -2.21. The van der Waals surface area contributed by atoms with Crippen molar-refractivity contribution in [2.45, 2.75) is 25.9 Å². The summed E-state index contributed by atoms with van der Waals surface area (Å²) in [5.41, 5.74) is 0. The largest absolute Gasteiger partial charge is 0.859 e. The first kappa shape index (κ1) is 11.2. The molecule has 0 aliphatic carbocycles. The minimum atomic E-state index is -0.969. The standard InChI is InChI=1S/C7H15NO4/c1-2-3-7(11)8-12-5-6(10)4-9/h6,9-10H,2-5H2,1H3,(H,8,11)/p-1. The lowest BCUT2D eigenvalue weighted by Gasteiger charge is -2.09. The smallest absolute Gasteiger partial charge is 0.145 e. The molecule has 0 aliphatic heterocycles. The molecule has 0 rings (SSSR count). The van der Waals surface area contributed by atoms with Crippen LogP contribution in [0.5, 0.6) is 0 Å². The van der Waals surface area contributed by atoms with Gasteiger partial charge in [0.25, 0.3) is 0 Å². The summed E-state index contributed by atoms with van der Waals surface area (Å²) in [6, 6.07) is 0. The van der Waals surface area contributed by atoms with E-state index in [4.69, 9.17) is 10.2 Å². The zero-order valence-corrected chi connectivity index (χ0v) is 7.06. The third kappa shape index (κ3) is 5.94. The minimum Gasteiger partial charge on any atom is -0.859 e. The van der Waals surface area contributed by atoms with Gasteiger partial charge in [-0.25, -0.2) is 0 Å². The third-order valence-electron chi connectivity index (χ3n) is 1.11. The van der Waals surface area contributed by atoms with Crippen molar-refractivity contribution in [1.82, 2.24) is 0 Å². The van der Waals surface area contributed by atoms with Gasteiger partial charge in [0.1, 0.15) is 12.7 Å². The molecule has 0 fully saturated rings. The Bertz CT molecular complexity index is 137. The van der Waals surface area contributed by atoms with E-state index in [1.165, 1.54) is 0 Å². The van der Waals surface area contributed by atoms with Crippen LogP contribution in [0, 0.1) is 0 Å². The monoisotopic (exact) mass is 176 g/mol. The van der Waals surface area contributed by atoms with Crippen LogP contribution in [-0.2, 0) is 4.84 Å². The summed E-state index contributed by atoms with van der Waals surface area (Å²) in [7, 11) is 0. The molecular formula is C7H14NO4-. The van der Waals surface area contributed by atoms with Crippen LogP contribution in [0.1, 0.15) is 19.8 Å². The predicted molar refractivity (Wildman–Crippen MR) is 41.4 cm³/mol. The van der Waals surface area contributed by atoms with Gasteiger partial charge in [0.2, 0.25) is 0 Å². The summed E-state index contributed by atoms with van der Waals surface area (Å²) in [4.78, 5) is 4.47. The Morgan fingerprint density at radius 3 is 2.83 bits per heavy atom. The zero-order valence-electron chi connectivity index (χ0n) is 7.06. The lowest BCUT2D eigenvalue weighted by molar-refractivity contribution is -0.224. The number of hydrogen-bond acceptors (Lipinski definition) is 5. The van der Waals surface area contributed by atoms with Crippen LogP contribution in [0.2, 0.25) is 0 Å². The molecule has 0 radical (unpaired) electrons. The van der Waals surface area contributed by atoms with Gasteiger partial charge in [-0.2, -0.15) is 0 Å². The average molecular weight is 176 g/mol. The van der Waals surface area contributed by atoms with Gasteiger partial charge >= 0.3 is 0 Å². The van der Waals surface area contributed by atoms with Gasteiger partial charge in [-0.1, -0.05) is 13.3 Å². The number of rotatable bonds is 6. The number of nitrogens with zero attached hydrogens (tertiary/aromatic N) is 1. The Hall–Kier alpha value is -0.810. The molecule has 0 aliphatic rings. The Labute approximate surface area is 71.3 Å². The lowest BCUT2D eigenvalue weighted by atomic mass is 10.3. The Morgan fingerprint density at radius 1 is 1.67 bits per heavy atom. The molecule has 0 aromatic rings. The molecule has 0 saturated carbocycles. The minimum absolute atomic E-state index is 0.147. The van der Waals surface area contributed by atoms with Gasteiger partial charge in [0.05, 0.1) is 6.61 Å². The van der Waals surface area contributed by atoms with Crippen LogP contribution < -0.4 is 5.11 Å². The van der Waals surface area contributed by atoms with E-state index in [9.17, 15) is 5.11 Å². The highest BCUT2D eigenvalue weighted by Gasteiger charge is 1.99. The van der Waals surface area contributed by atoms with Crippen molar-refractivity contribution < 1.29 is 20.2 Å². The molecule has 2 N–H and O–H groups in total. The van der Waals surface area contributed by atoms with Gasteiger partial charge < -0.3 is 20.2 Å². The molecular weight excluding hydrogens is 162 g/mol. The third-order valence-corrected chi connectivity index (χ3v) is 1.11. The summed E-state index contributed by atoms with van der Waals surface area (Å²) < 4.78 is 0. The summed E-state index contributed by atoms with van der Waals surface area (Å²) >= 11 is 0. The highest BCUT2D eigenvalue weighted by Crippen LogP contribution is 1.89. The van der Waals surface area contributed by atoms with Crippen molar-refractivity contribution >= 4 is 5.90 Å². The summed E-state index contributed by atoms with van der Waals surface area (Å²) in [5.74, 6) is -0.345. The Kier molecular flexibility index (Phi) is 6.41. The van der Waals surface area contributed by atoms with E-state index in [1.807, 2.05) is 6.92 Å². The second-order valence-electron chi connectivity index (χ2n) is 2.37. The maximum atomic E-state index is 10.7. The highest BCUT2D eigenvalue weighted by atomic mass is 16.6. The molecule has 12 heavy (non-hydrogen) atoms. The van der Waals surface area contributed by atoms with E-state index in [0.29, 0.717) is 12.8 Å². The highest BCUT2D eigenvalue weighted by molar-refractivity contribution is 5.70. The molecule has 0 bridgehead atoms. The maximum absolute atomic E-state index is 10.7. The Morgan fingerprint density at radius 2 is 2.33 bits per heavy atom. The van der Waals surface area contributed by atoms with Crippen molar-refractivity contribution in [2.24, 2.45) is 5.16 Å². The molecule has 0 saturated heterocycles. The van der Waals surface area contributed by atoms with E-state index in [0.717, 1.165) is 0 Å². The van der Waals surface area contributed by atoms with Crippen molar-refractivity contribution in [3.05, 3.63) is 0 Å². The second-order valence-corrected chi connectivity index (χ2v) is 2.37. The molecule has 0 amide bonds. The molecule has 5 nitrogen and oxygen atoms in total. The molecule has 1 atom stereocenters. The maximum Gasteiger partial charge on any atom is 0.145 e. The molecule has 0 heterocycles. The van der Waals surface area contributed by atoms with E-state index < -0.39 is 12.7 Å². The average Bonchev–Trinajstić information content (AvgIpc) is 2.04. The predicted octanol–water partition coefficient (Wildman–Crippen LogP) is -1.17. The number of hydrogen-bond donors (Lipinski definition) is 2. The first-order valence-electron chi connectivity index (χ1n) is 3.85. The SMILES string of the molecule is CCC/C([O-])=N/OCC(O)CO. The fraction of sp³-hybridized carbons (Fsp3) is 0.857. The summed E-state index contributed by atoms with van der Waals surface area (Å²) in [6.07, 6.45) is 0.0897. The van der Waals surface area contributed by atoms with Crippen molar-refractivity contribution in [3.63, 3.8) is 0 Å².